The van der Waals surface area contributed by atoms with Crippen LogP contribution in [0.25, 0.3) is 11.6 Å². The van der Waals surface area contributed by atoms with E-state index in [1.54, 1.807) is 25.7 Å². The third-order valence-electron chi connectivity index (χ3n) is 2.53. The molecule has 0 saturated carbocycles. The first-order valence-corrected chi connectivity index (χ1v) is 5.86. The molecule has 0 aliphatic rings. The molecule has 0 N–H and O–H groups in total. The van der Waals surface area contributed by atoms with Gasteiger partial charge >= 0.3 is 0 Å². The quantitative estimate of drug-likeness (QED) is 0.844. The van der Waals surface area contributed by atoms with Crippen LogP contribution in [0.15, 0.2) is 36.8 Å². The van der Waals surface area contributed by atoms with Crippen LogP contribution in [-0.2, 0) is 0 Å². The van der Waals surface area contributed by atoms with E-state index in [4.69, 9.17) is 16.3 Å². The Morgan fingerprint density at radius 2 is 2.17 bits per heavy atom. The summed E-state index contributed by atoms with van der Waals surface area (Å²) in [5, 5.41) is 0.596. The molecule has 0 amide bonds. The van der Waals surface area contributed by atoms with Gasteiger partial charge in [-0.05, 0) is 36.3 Å². The van der Waals surface area contributed by atoms with E-state index in [0.29, 0.717) is 10.8 Å². The lowest BCUT2D eigenvalue weighted by molar-refractivity contribution is 0.415. The molecular weight excluding hydrogens is 248 g/mol. The molecule has 3 nitrogen and oxygen atoms in total. The first-order valence-electron chi connectivity index (χ1n) is 5.49. The molecule has 0 aliphatic carbocycles. The van der Waals surface area contributed by atoms with Crippen LogP contribution >= 0.6 is 11.6 Å². The zero-order valence-electron chi connectivity index (χ0n) is 10.2. The molecular formula is C14H13ClN2O. The smallest absolute Gasteiger partial charge is 0.137 e. The van der Waals surface area contributed by atoms with E-state index in [1.165, 1.54) is 0 Å². The summed E-state index contributed by atoms with van der Waals surface area (Å²) in [6, 6.07) is 5.66. The highest BCUT2D eigenvalue weighted by molar-refractivity contribution is 6.32. The molecule has 92 valence electrons. The third kappa shape index (κ3) is 2.87. The van der Waals surface area contributed by atoms with Crippen molar-refractivity contribution in [2.24, 2.45) is 0 Å². The molecule has 1 aromatic heterocycles. The largest absolute Gasteiger partial charge is 0.495 e. The summed E-state index contributed by atoms with van der Waals surface area (Å²) in [5.74, 6) is 0.672. The molecule has 1 heterocycles. The first kappa shape index (κ1) is 12.6. The number of hydrogen-bond acceptors (Lipinski definition) is 3. The minimum atomic E-state index is 0.596. The van der Waals surface area contributed by atoms with Crippen LogP contribution in [0.2, 0.25) is 5.02 Å². The second-order valence-corrected chi connectivity index (χ2v) is 4.22. The average molecular weight is 261 g/mol. The zero-order valence-corrected chi connectivity index (χ0v) is 11.0. The maximum Gasteiger partial charge on any atom is 0.137 e. The maximum absolute atomic E-state index is 6.08. The van der Waals surface area contributed by atoms with Gasteiger partial charge in [-0.15, -0.1) is 0 Å². The molecule has 0 aliphatic heterocycles. The molecule has 2 rings (SSSR count). The van der Waals surface area contributed by atoms with Crippen LogP contribution in [0.1, 0.15) is 18.2 Å². The Morgan fingerprint density at radius 1 is 1.33 bits per heavy atom. The minimum absolute atomic E-state index is 0.596. The number of benzene rings is 1. The topological polar surface area (TPSA) is 35.0 Å². The Balaban J connectivity index is 2.31. The van der Waals surface area contributed by atoms with Gasteiger partial charge in [0.2, 0.25) is 0 Å². The summed E-state index contributed by atoms with van der Waals surface area (Å²) in [6.07, 6.45) is 7.07. The van der Waals surface area contributed by atoms with E-state index in [2.05, 4.69) is 9.97 Å². The van der Waals surface area contributed by atoms with Crippen LogP contribution in [-0.4, -0.2) is 17.1 Å². The Hall–Kier alpha value is -1.87. The second-order valence-electron chi connectivity index (χ2n) is 3.81. The Labute approximate surface area is 111 Å². The van der Waals surface area contributed by atoms with Crippen molar-refractivity contribution in [3.05, 3.63) is 53.1 Å². The molecule has 0 radical (unpaired) electrons. The van der Waals surface area contributed by atoms with Crippen LogP contribution in [0.5, 0.6) is 5.75 Å². The SMILES string of the molecule is COc1ccc(C=C(C)c2cnccn2)cc1Cl. The van der Waals surface area contributed by atoms with Crippen molar-refractivity contribution in [3.63, 3.8) is 0 Å². The molecule has 0 atom stereocenters. The van der Waals surface area contributed by atoms with Gasteiger partial charge in [-0.2, -0.15) is 0 Å². The Bertz CT molecular complexity index is 567. The highest BCUT2D eigenvalue weighted by Crippen LogP contribution is 2.26. The molecule has 18 heavy (non-hydrogen) atoms. The van der Waals surface area contributed by atoms with E-state index < -0.39 is 0 Å². The molecule has 0 spiro atoms. The minimum Gasteiger partial charge on any atom is -0.495 e. The van der Waals surface area contributed by atoms with Crippen molar-refractivity contribution in [2.45, 2.75) is 6.92 Å². The van der Waals surface area contributed by atoms with E-state index in [0.717, 1.165) is 16.8 Å². The Morgan fingerprint density at radius 3 is 2.78 bits per heavy atom. The number of rotatable bonds is 3. The molecule has 2 aromatic rings. The fourth-order valence-corrected chi connectivity index (χ4v) is 1.87. The van der Waals surface area contributed by atoms with E-state index in [1.807, 2.05) is 31.2 Å². The summed E-state index contributed by atoms with van der Waals surface area (Å²) < 4.78 is 5.11. The van der Waals surface area contributed by atoms with Crippen molar-refractivity contribution in [2.75, 3.05) is 7.11 Å². The monoisotopic (exact) mass is 260 g/mol. The normalized spacial score (nSPS) is 11.4. The molecule has 1 aromatic carbocycles. The summed E-state index contributed by atoms with van der Waals surface area (Å²) in [7, 11) is 1.60. The van der Waals surface area contributed by atoms with Crippen LogP contribution in [0.4, 0.5) is 0 Å². The molecule has 0 unspecified atom stereocenters. The number of ether oxygens (including phenoxy) is 1. The van der Waals surface area contributed by atoms with Crippen molar-refractivity contribution in [3.8, 4) is 5.75 Å². The predicted octanol–water partition coefficient (Wildman–Crippen LogP) is 3.70. The molecule has 0 bridgehead atoms. The van der Waals surface area contributed by atoms with Crippen molar-refractivity contribution in [1.29, 1.82) is 0 Å². The predicted molar refractivity (Wildman–Crippen MR) is 73.6 cm³/mol. The lowest BCUT2D eigenvalue weighted by atomic mass is 10.1. The first-order chi connectivity index (χ1) is 8.70. The lowest BCUT2D eigenvalue weighted by Gasteiger charge is -2.04. The van der Waals surface area contributed by atoms with Gasteiger partial charge in [0.05, 0.1) is 24.0 Å². The van der Waals surface area contributed by atoms with E-state index in [-0.39, 0.29) is 0 Å². The fraction of sp³-hybridized carbons (Fsp3) is 0.143. The lowest BCUT2D eigenvalue weighted by Crippen LogP contribution is -1.87. The van der Waals surface area contributed by atoms with Crippen LogP contribution < -0.4 is 4.74 Å². The van der Waals surface area contributed by atoms with Crippen LogP contribution in [0.3, 0.4) is 0 Å². The summed E-state index contributed by atoms with van der Waals surface area (Å²) in [4.78, 5) is 8.29. The average Bonchev–Trinajstić information content (AvgIpc) is 2.40. The van der Waals surface area contributed by atoms with Gasteiger partial charge in [0, 0.05) is 12.4 Å². The van der Waals surface area contributed by atoms with Gasteiger partial charge in [-0.3, -0.25) is 9.97 Å². The number of halogens is 1. The zero-order chi connectivity index (χ0) is 13.0. The van der Waals surface area contributed by atoms with Gasteiger partial charge in [-0.1, -0.05) is 17.7 Å². The van der Waals surface area contributed by atoms with Gasteiger partial charge in [0.15, 0.2) is 0 Å². The number of aromatic nitrogens is 2. The van der Waals surface area contributed by atoms with Gasteiger partial charge in [-0.25, -0.2) is 0 Å². The number of allylic oxidation sites excluding steroid dienone is 1. The third-order valence-corrected chi connectivity index (χ3v) is 2.82. The van der Waals surface area contributed by atoms with Gasteiger partial charge in [0.1, 0.15) is 5.75 Å². The highest BCUT2D eigenvalue weighted by atomic mass is 35.5. The van der Waals surface area contributed by atoms with E-state index >= 15 is 0 Å². The standard InChI is InChI=1S/C14H13ClN2O/c1-10(13-9-16-5-6-17-13)7-11-3-4-14(18-2)12(15)8-11/h3-9H,1-2H3. The summed E-state index contributed by atoms with van der Waals surface area (Å²) in [5.41, 5.74) is 2.89. The summed E-state index contributed by atoms with van der Waals surface area (Å²) in [6.45, 7) is 1.99. The molecule has 0 saturated heterocycles. The molecule has 0 fully saturated rings. The molecule has 4 heteroatoms. The number of hydrogen-bond donors (Lipinski definition) is 0. The van der Waals surface area contributed by atoms with Crippen molar-refractivity contribution >= 4 is 23.3 Å². The summed E-state index contributed by atoms with van der Waals surface area (Å²) >= 11 is 6.08. The van der Waals surface area contributed by atoms with Crippen molar-refractivity contribution < 1.29 is 4.74 Å². The van der Waals surface area contributed by atoms with Crippen molar-refractivity contribution in [1.82, 2.24) is 9.97 Å². The fourth-order valence-electron chi connectivity index (χ4n) is 1.60. The second kappa shape index (κ2) is 5.65. The van der Waals surface area contributed by atoms with Crippen LogP contribution in [0, 0.1) is 0 Å². The number of nitrogens with zero attached hydrogens (tertiary/aromatic N) is 2. The van der Waals surface area contributed by atoms with E-state index in [9.17, 15) is 0 Å². The maximum atomic E-state index is 6.08. The highest BCUT2D eigenvalue weighted by Gasteiger charge is 2.02. The Kier molecular flexibility index (Phi) is 3.95. The van der Waals surface area contributed by atoms with Gasteiger partial charge in [0.25, 0.3) is 0 Å². The van der Waals surface area contributed by atoms with Gasteiger partial charge < -0.3 is 4.74 Å². The number of methoxy groups -OCH3 is 1.